The van der Waals surface area contributed by atoms with Gasteiger partial charge >= 0.3 is 6.18 Å². The lowest BCUT2D eigenvalue weighted by Gasteiger charge is -2.12. The number of aryl methyl sites for hydroxylation is 1. The molecule has 2 aromatic heterocycles. The second-order valence-corrected chi connectivity index (χ2v) is 5.63. The Morgan fingerprint density at radius 3 is 2.54 bits per heavy atom. The summed E-state index contributed by atoms with van der Waals surface area (Å²) >= 11 is 0. The summed E-state index contributed by atoms with van der Waals surface area (Å²) in [6, 6.07) is 7.12. The molecule has 8 heteroatoms. The third-order valence-corrected chi connectivity index (χ3v) is 3.99. The Morgan fingerprint density at radius 1 is 1.15 bits per heavy atom. The van der Waals surface area contributed by atoms with E-state index in [1.807, 2.05) is 13.0 Å². The molecule has 0 atom stereocenters. The first-order chi connectivity index (χ1) is 12.3. The van der Waals surface area contributed by atoms with E-state index >= 15 is 0 Å². The van der Waals surface area contributed by atoms with E-state index in [2.05, 4.69) is 9.97 Å². The van der Waals surface area contributed by atoms with Crippen molar-refractivity contribution in [2.45, 2.75) is 19.5 Å². The molecule has 132 valence electrons. The van der Waals surface area contributed by atoms with Crippen LogP contribution in [0.4, 0.5) is 19.0 Å². The molecule has 0 fully saturated rings. The van der Waals surface area contributed by atoms with Gasteiger partial charge in [-0.15, -0.1) is 0 Å². The highest BCUT2D eigenvalue weighted by Crippen LogP contribution is 2.36. The van der Waals surface area contributed by atoms with Crippen LogP contribution in [0.25, 0.3) is 16.9 Å². The molecule has 0 amide bonds. The molecule has 1 aromatic carbocycles. The minimum atomic E-state index is -4.46. The summed E-state index contributed by atoms with van der Waals surface area (Å²) in [5.41, 5.74) is 6.63. The smallest absolute Gasteiger partial charge is 0.384 e. The number of nitriles is 1. The van der Waals surface area contributed by atoms with Crippen molar-refractivity contribution in [2.75, 3.05) is 5.73 Å². The number of nitrogen functional groups attached to an aromatic ring is 1. The summed E-state index contributed by atoms with van der Waals surface area (Å²) < 4.78 is 40.9. The average molecular weight is 357 g/mol. The van der Waals surface area contributed by atoms with Gasteiger partial charge in [-0.25, -0.2) is 9.97 Å². The summed E-state index contributed by atoms with van der Waals surface area (Å²) in [5, 5.41) is 9.44. The Morgan fingerprint density at radius 2 is 1.92 bits per heavy atom. The van der Waals surface area contributed by atoms with Crippen molar-refractivity contribution in [3.63, 3.8) is 0 Å². The number of halogens is 3. The lowest BCUT2D eigenvalue weighted by atomic mass is 9.95. The molecule has 0 unspecified atom stereocenters. The zero-order valence-electron chi connectivity index (χ0n) is 13.7. The minimum absolute atomic E-state index is 0.246. The summed E-state index contributed by atoms with van der Waals surface area (Å²) in [4.78, 5) is 7.88. The number of hydrogen-bond donors (Lipinski definition) is 1. The normalized spacial score (nSPS) is 11.3. The van der Waals surface area contributed by atoms with Crippen LogP contribution in [0.5, 0.6) is 0 Å². The van der Waals surface area contributed by atoms with E-state index < -0.39 is 11.7 Å². The third-order valence-electron chi connectivity index (χ3n) is 3.99. The highest BCUT2D eigenvalue weighted by atomic mass is 19.4. The van der Waals surface area contributed by atoms with Crippen molar-refractivity contribution in [1.82, 2.24) is 14.5 Å². The van der Waals surface area contributed by atoms with Crippen molar-refractivity contribution >= 4 is 5.82 Å². The number of rotatable bonds is 3. The molecule has 26 heavy (non-hydrogen) atoms. The first-order valence-corrected chi connectivity index (χ1v) is 7.74. The monoisotopic (exact) mass is 357 g/mol. The predicted molar refractivity (Wildman–Crippen MR) is 90.3 cm³/mol. The molecular formula is C18H14F3N5. The fourth-order valence-corrected chi connectivity index (χ4v) is 2.71. The number of nitrogens with zero attached hydrogens (tertiary/aromatic N) is 4. The van der Waals surface area contributed by atoms with Crippen molar-refractivity contribution in [1.29, 1.82) is 5.26 Å². The Balaban J connectivity index is 2.19. The number of benzene rings is 1. The van der Waals surface area contributed by atoms with Crippen molar-refractivity contribution < 1.29 is 13.2 Å². The quantitative estimate of drug-likeness (QED) is 0.769. The molecule has 2 heterocycles. The Kier molecular flexibility index (Phi) is 4.38. The third kappa shape index (κ3) is 3.24. The van der Waals surface area contributed by atoms with Gasteiger partial charge in [0.25, 0.3) is 0 Å². The van der Waals surface area contributed by atoms with Crippen molar-refractivity contribution in [2.24, 2.45) is 0 Å². The van der Waals surface area contributed by atoms with Gasteiger partial charge in [-0.3, -0.25) is 0 Å². The molecule has 0 aliphatic carbocycles. The first kappa shape index (κ1) is 17.5. The summed E-state index contributed by atoms with van der Waals surface area (Å²) in [5.74, 6) is 0.669. The van der Waals surface area contributed by atoms with Crippen LogP contribution in [0.15, 0.2) is 43.0 Å². The van der Waals surface area contributed by atoms with E-state index in [0.29, 0.717) is 23.4 Å². The molecule has 0 saturated heterocycles. The molecule has 3 rings (SSSR count). The molecule has 2 N–H and O–H groups in total. The van der Waals surface area contributed by atoms with Crippen LogP contribution >= 0.6 is 0 Å². The van der Waals surface area contributed by atoms with E-state index in [1.54, 1.807) is 10.8 Å². The zero-order valence-corrected chi connectivity index (χ0v) is 13.7. The topological polar surface area (TPSA) is 80.5 Å². The zero-order chi connectivity index (χ0) is 18.9. The standard InChI is InChI=1S/C18H14F3N5/c1-2-11-3-4-13(18(19,20)21)5-14(11)15-9-26(8-12(15)7-22)17-6-16(23)24-10-25-17/h3-6,8-10H,2H2,1H3,(H2,23,24,25). The minimum Gasteiger partial charge on any atom is -0.384 e. The number of hydrogen-bond acceptors (Lipinski definition) is 4. The van der Waals surface area contributed by atoms with Crippen LogP contribution in [0.2, 0.25) is 0 Å². The molecule has 0 aliphatic rings. The fraction of sp³-hybridized carbons (Fsp3) is 0.167. The van der Waals surface area contributed by atoms with Crippen LogP contribution in [0, 0.1) is 11.3 Å². The highest BCUT2D eigenvalue weighted by molar-refractivity contribution is 5.74. The first-order valence-electron chi connectivity index (χ1n) is 7.74. The molecule has 0 spiro atoms. The van der Waals surface area contributed by atoms with E-state index in [0.717, 1.165) is 17.7 Å². The highest BCUT2D eigenvalue weighted by Gasteiger charge is 2.31. The van der Waals surface area contributed by atoms with Gasteiger partial charge in [0.1, 0.15) is 24.0 Å². The molecule has 0 radical (unpaired) electrons. The van der Waals surface area contributed by atoms with E-state index in [1.165, 1.54) is 24.7 Å². The summed E-state index contributed by atoms with van der Waals surface area (Å²) in [7, 11) is 0. The Hall–Kier alpha value is -3.34. The maximum atomic E-state index is 13.1. The SMILES string of the molecule is CCc1ccc(C(F)(F)F)cc1-c1cn(-c2cc(N)ncn2)cc1C#N. The molecule has 5 nitrogen and oxygen atoms in total. The maximum Gasteiger partial charge on any atom is 0.416 e. The molecule has 0 aliphatic heterocycles. The lowest BCUT2D eigenvalue weighted by Crippen LogP contribution is -2.05. The second kappa shape index (κ2) is 6.52. The number of aromatic nitrogens is 3. The van der Waals surface area contributed by atoms with Crippen LogP contribution in [0.3, 0.4) is 0 Å². The summed E-state index contributed by atoms with van der Waals surface area (Å²) in [6.45, 7) is 1.85. The van der Waals surface area contributed by atoms with Gasteiger partial charge in [0.15, 0.2) is 0 Å². The van der Waals surface area contributed by atoms with Gasteiger partial charge in [-0.1, -0.05) is 13.0 Å². The van der Waals surface area contributed by atoms with E-state index in [-0.39, 0.29) is 11.4 Å². The largest absolute Gasteiger partial charge is 0.416 e. The lowest BCUT2D eigenvalue weighted by molar-refractivity contribution is -0.137. The van der Waals surface area contributed by atoms with Crippen molar-refractivity contribution in [3.05, 3.63) is 59.7 Å². The average Bonchev–Trinajstić information content (AvgIpc) is 3.04. The molecule has 0 bridgehead atoms. The molecular weight excluding hydrogens is 343 g/mol. The van der Waals surface area contributed by atoms with Crippen LogP contribution < -0.4 is 5.73 Å². The van der Waals surface area contributed by atoms with Gasteiger partial charge in [0.05, 0.1) is 11.1 Å². The second-order valence-electron chi connectivity index (χ2n) is 5.63. The maximum absolute atomic E-state index is 13.1. The Bertz CT molecular complexity index is 999. The molecule has 3 aromatic rings. The number of anilines is 1. The van der Waals surface area contributed by atoms with Crippen LogP contribution in [-0.4, -0.2) is 14.5 Å². The molecule has 0 saturated carbocycles. The number of nitrogens with two attached hydrogens (primary N) is 1. The van der Waals surface area contributed by atoms with Gasteiger partial charge in [0.2, 0.25) is 0 Å². The van der Waals surface area contributed by atoms with Gasteiger partial charge in [-0.2, -0.15) is 18.4 Å². The summed E-state index contributed by atoms with van der Waals surface area (Å²) in [6.07, 6.45) is 0.436. The van der Waals surface area contributed by atoms with Crippen LogP contribution in [0.1, 0.15) is 23.6 Å². The van der Waals surface area contributed by atoms with Gasteiger partial charge < -0.3 is 10.3 Å². The van der Waals surface area contributed by atoms with Crippen molar-refractivity contribution in [3.8, 4) is 23.0 Å². The number of alkyl halides is 3. The van der Waals surface area contributed by atoms with Gasteiger partial charge in [-0.05, 0) is 29.7 Å². The van der Waals surface area contributed by atoms with E-state index in [9.17, 15) is 18.4 Å². The van der Waals surface area contributed by atoms with Crippen LogP contribution in [-0.2, 0) is 12.6 Å². The Labute approximate surface area is 147 Å². The fourth-order valence-electron chi connectivity index (χ4n) is 2.71. The van der Waals surface area contributed by atoms with E-state index in [4.69, 9.17) is 5.73 Å². The predicted octanol–water partition coefficient (Wildman–Crippen LogP) is 3.97. The van der Waals surface area contributed by atoms with Gasteiger partial charge in [0, 0.05) is 24.0 Å².